The summed E-state index contributed by atoms with van der Waals surface area (Å²) in [5, 5.41) is 11.9. The first kappa shape index (κ1) is 17.3. The Labute approximate surface area is 153 Å². The van der Waals surface area contributed by atoms with E-state index in [4.69, 9.17) is 0 Å². The fourth-order valence-corrected chi connectivity index (χ4v) is 3.58. The van der Waals surface area contributed by atoms with Crippen molar-refractivity contribution < 1.29 is 18.3 Å². The van der Waals surface area contributed by atoms with E-state index >= 15 is 0 Å². The van der Waals surface area contributed by atoms with Crippen LogP contribution in [-0.4, -0.2) is 33.0 Å². The molecule has 0 spiro atoms. The molecule has 2 fully saturated rings. The molecule has 0 radical (unpaired) electrons. The largest absolute Gasteiger partial charge is 0.433 e. The molecule has 0 aliphatic heterocycles. The highest BCUT2D eigenvalue weighted by molar-refractivity contribution is 7.99. The zero-order valence-corrected chi connectivity index (χ0v) is 14.7. The molecule has 0 atom stereocenters. The van der Waals surface area contributed by atoms with Gasteiger partial charge in [-0.05, 0) is 37.8 Å². The molecule has 138 valence electrons. The molecule has 4 rings (SSSR count). The van der Waals surface area contributed by atoms with Gasteiger partial charge in [0.1, 0.15) is 11.6 Å². The molecule has 2 aromatic rings. The van der Waals surface area contributed by atoms with Crippen LogP contribution in [0, 0.1) is 0 Å². The summed E-state index contributed by atoms with van der Waals surface area (Å²) in [5.74, 6) is 1.30. The molecule has 1 aromatic carbocycles. The van der Waals surface area contributed by atoms with Crippen LogP contribution in [-0.2, 0) is 4.79 Å². The Kier molecular flexibility index (Phi) is 4.80. The lowest BCUT2D eigenvalue weighted by atomic mass is 10.3. The van der Waals surface area contributed by atoms with Crippen LogP contribution in [0.1, 0.15) is 43.5 Å². The van der Waals surface area contributed by atoms with Crippen molar-refractivity contribution in [1.82, 2.24) is 14.8 Å². The second-order valence-corrected chi connectivity index (χ2v) is 7.37. The summed E-state index contributed by atoms with van der Waals surface area (Å²) < 4.78 is 31.5. The van der Waals surface area contributed by atoms with Crippen LogP contribution in [0.5, 0.6) is 5.75 Å². The molecule has 0 bridgehead atoms. The fraction of sp³-hybridized carbons (Fsp3) is 0.471. The van der Waals surface area contributed by atoms with E-state index in [9.17, 15) is 13.6 Å². The molecule has 1 N–H and O–H groups in total. The van der Waals surface area contributed by atoms with Crippen molar-refractivity contribution in [3.63, 3.8) is 0 Å². The lowest BCUT2D eigenvalue weighted by molar-refractivity contribution is -0.113. The average Bonchev–Trinajstić information content (AvgIpc) is 3.53. The van der Waals surface area contributed by atoms with Gasteiger partial charge in [-0.25, -0.2) is 0 Å². The van der Waals surface area contributed by atoms with Crippen molar-refractivity contribution in [2.75, 3.05) is 11.1 Å². The van der Waals surface area contributed by atoms with Crippen molar-refractivity contribution in [3.05, 3.63) is 30.1 Å². The summed E-state index contributed by atoms with van der Waals surface area (Å²) in [5.41, 5.74) is 0.223. The molecule has 0 saturated heterocycles. The quantitative estimate of drug-likeness (QED) is 0.705. The number of para-hydroxylation sites is 2. The van der Waals surface area contributed by atoms with Crippen LogP contribution in [0.3, 0.4) is 0 Å². The van der Waals surface area contributed by atoms with Crippen LogP contribution in [0.2, 0.25) is 0 Å². The summed E-state index contributed by atoms with van der Waals surface area (Å²) in [6, 6.07) is 6.58. The monoisotopic (exact) mass is 380 g/mol. The topological polar surface area (TPSA) is 69.0 Å². The molecule has 1 amide bonds. The van der Waals surface area contributed by atoms with Gasteiger partial charge in [0.05, 0.1) is 11.4 Å². The molecule has 1 aromatic heterocycles. The van der Waals surface area contributed by atoms with E-state index in [0.717, 1.165) is 36.7 Å². The van der Waals surface area contributed by atoms with Gasteiger partial charge in [-0.1, -0.05) is 23.9 Å². The number of halogens is 2. The fourth-order valence-electron chi connectivity index (χ4n) is 2.77. The zero-order valence-electron chi connectivity index (χ0n) is 13.9. The number of nitrogens with zero attached hydrogens (tertiary/aromatic N) is 3. The first-order valence-corrected chi connectivity index (χ1v) is 9.51. The number of hydrogen-bond acceptors (Lipinski definition) is 5. The number of carbonyl (C=O) groups excluding carboxylic acids is 1. The number of anilines is 1. The van der Waals surface area contributed by atoms with E-state index in [0.29, 0.717) is 12.0 Å². The number of hydrogen-bond donors (Lipinski definition) is 1. The SMILES string of the molecule is O=C(CSc1nnc(C2CC2)n1C1CC1)Nc1ccccc1OC(F)F. The van der Waals surface area contributed by atoms with E-state index in [2.05, 4.69) is 24.8 Å². The Balaban J connectivity index is 1.39. The second kappa shape index (κ2) is 7.22. The van der Waals surface area contributed by atoms with Crippen molar-refractivity contribution in [2.24, 2.45) is 0 Å². The third-order valence-corrected chi connectivity index (χ3v) is 5.20. The van der Waals surface area contributed by atoms with E-state index in [1.807, 2.05) is 0 Å². The summed E-state index contributed by atoms with van der Waals surface area (Å²) in [7, 11) is 0. The molecule has 2 aliphatic carbocycles. The van der Waals surface area contributed by atoms with Gasteiger partial charge in [0.2, 0.25) is 5.91 Å². The molecular formula is C17H18F2N4O2S. The van der Waals surface area contributed by atoms with Crippen molar-refractivity contribution >= 4 is 23.4 Å². The van der Waals surface area contributed by atoms with Gasteiger partial charge < -0.3 is 14.6 Å². The Morgan fingerprint density at radius 2 is 2.04 bits per heavy atom. The number of benzene rings is 1. The van der Waals surface area contributed by atoms with Gasteiger partial charge in [0.25, 0.3) is 0 Å². The van der Waals surface area contributed by atoms with E-state index in [-0.39, 0.29) is 23.1 Å². The number of amides is 1. The smallest absolute Gasteiger partial charge is 0.387 e. The molecule has 9 heteroatoms. The third-order valence-electron chi connectivity index (χ3n) is 4.25. The standard InChI is InChI=1S/C17H18F2N4O2S/c18-16(19)25-13-4-2-1-3-12(13)20-14(24)9-26-17-22-21-15(10-5-6-10)23(17)11-7-8-11/h1-4,10-11,16H,5-9H2,(H,20,24). The highest BCUT2D eigenvalue weighted by Crippen LogP contribution is 2.46. The third kappa shape index (κ3) is 3.98. The summed E-state index contributed by atoms with van der Waals surface area (Å²) in [6.07, 6.45) is 4.54. The summed E-state index contributed by atoms with van der Waals surface area (Å²) >= 11 is 1.32. The highest BCUT2D eigenvalue weighted by Gasteiger charge is 2.36. The van der Waals surface area contributed by atoms with Crippen LogP contribution in [0.25, 0.3) is 0 Å². The van der Waals surface area contributed by atoms with Gasteiger partial charge in [-0.3, -0.25) is 4.79 Å². The van der Waals surface area contributed by atoms with Crippen LogP contribution >= 0.6 is 11.8 Å². The molecule has 2 saturated carbocycles. The number of carbonyl (C=O) groups is 1. The Morgan fingerprint density at radius 3 is 2.73 bits per heavy atom. The van der Waals surface area contributed by atoms with Gasteiger partial charge in [-0.2, -0.15) is 8.78 Å². The molecular weight excluding hydrogens is 362 g/mol. The number of alkyl halides is 2. The normalized spacial score (nSPS) is 16.7. The highest BCUT2D eigenvalue weighted by atomic mass is 32.2. The van der Waals surface area contributed by atoms with E-state index in [1.165, 1.54) is 23.9 Å². The zero-order chi connectivity index (χ0) is 18.1. The van der Waals surface area contributed by atoms with Crippen LogP contribution in [0.4, 0.5) is 14.5 Å². The van der Waals surface area contributed by atoms with Gasteiger partial charge in [-0.15, -0.1) is 10.2 Å². The first-order chi connectivity index (χ1) is 12.6. The van der Waals surface area contributed by atoms with Crippen LogP contribution < -0.4 is 10.1 Å². The average molecular weight is 380 g/mol. The van der Waals surface area contributed by atoms with Crippen molar-refractivity contribution in [1.29, 1.82) is 0 Å². The molecule has 1 heterocycles. The molecule has 26 heavy (non-hydrogen) atoms. The maximum atomic E-state index is 12.4. The maximum Gasteiger partial charge on any atom is 0.387 e. The minimum Gasteiger partial charge on any atom is -0.433 e. The van der Waals surface area contributed by atoms with E-state index < -0.39 is 6.61 Å². The molecule has 2 aliphatic rings. The van der Waals surface area contributed by atoms with Gasteiger partial charge in [0.15, 0.2) is 5.16 Å². The first-order valence-electron chi connectivity index (χ1n) is 8.53. The number of thioether (sulfide) groups is 1. The number of aromatic nitrogens is 3. The van der Waals surface area contributed by atoms with Crippen LogP contribution in [0.15, 0.2) is 29.4 Å². The molecule has 6 nitrogen and oxygen atoms in total. The lowest BCUT2D eigenvalue weighted by Crippen LogP contribution is -2.16. The minimum atomic E-state index is -2.94. The van der Waals surface area contributed by atoms with E-state index in [1.54, 1.807) is 12.1 Å². The lowest BCUT2D eigenvalue weighted by Gasteiger charge is -2.12. The number of nitrogens with one attached hydrogen (secondary N) is 1. The van der Waals surface area contributed by atoms with Crippen molar-refractivity contribution in [2.45, 2.75) is 49.4 Å². The Hall–Kier alpha value is -2.16. The Bertz CT molecular complexity index is 806. The molecule has 0 unspecified atom stereocenters. The predicted molar refractivity (Wildman–Crippen MR) is 92.7 cm³/mol. The Morgan fingerprint density at radius 1 is 1.27 bits per heavy atom. The number of rotatable bonds is 8. The summed E-state index contributed by atoms with van der Waals surface area (Å²) in [6.45, 7) is -2.94. The van der Waals surface area contributed by atoms with Crippen molar-refractivity contribution in [3.8, 4) is 5.75 Å². The predicted octanol–water partition coefficient (Wildman–Crippen LogP) is 3.82. The second-order valence-electron chi connectivity index (χ2n) is 6.43. The minimum absolute atomic E-state index is 0.0574. The number of ether oxygens (including phenoxy) is 1. The maximum absolute atomic E-state index is 12.4. The summed E-state index contributed by atoms with van der Waals surface area (Å²) in [4.78, 5) is 12.2. The van der Waals surface area contributed by atoms with Gasteiger partial charge >= 0.3 is 6.61 Å². The van der Waals surface area contributed by atoms with Gasteiger partial charge in [0, 0.05) is 12.0 Å².